The summed E-state index contributed by atoms with van der Waals surface area (Å²) < 4.78 is 10.7. The Hall–Kier alpha value is -2.53. The van der Waals surface area contributed by atoms with Crippen LogP contribution in [0.3, 0.4) is 0 Å². The first-order chi connectivity index (χ1) is 12.3. The Balaban J connectivity index is 1.91. The fourth-order valence-corrected chi connectivity index (χ4v) is 2.34. The molecule has 0 spiro atoms. The number of rotatable bonds is 6. The molecule has 138 valence electrons. The van der Waals surface area contributed by atoms with Crippen molar-refractivity contribution in [3.05, 3.63) is 58.6 Å². The minimum atomic E-state index is -0.946. The maximum absolute atomic E-state index is 12.3. The SMILES string of the molecule is Cc1cccc(NC(=O)[C@H](C)OC(=O)[C@H](C)Oc2ccc(Cl)cc2)c1C. The lowest BCUT2D eigenvalue weighted by molar-refractivity contribution is -0.159. The van der Waals surface area contributed by atoms with Gasteiger partial charge in [-0.05, 0) is 69.2 Å². The van der Waals surface area contributed by atoms with Crippen molar-refractivity contribution in [2.24, 2.45) is 0 Å². The summed E-state index contributed by atoms with van der Waals surface area (Å²) in [6.07, 6.45) is -1.80. The summed E-state index contributed by atoms with van der Waals surface area (Å²) in [5.74, 6) is -0.527. The lowest BCUT2D eigenvalue weighted by atomic mass is 10.1. The van der Waals surface area contributed by atoms with Crippen molar-refractivity contribution in [3.63, 3.8) is 0 Å². The molecule has 2 rings (SSSR count). The van der Waals surface area contributed by atoms with Gasteiger partial charge in [-0.25, -0.2) is 4.79 Å². The topological polar surface area (TPSA) is 64.6 Å². The molecule has 1 amide bonds. The van der Waals surface area contributed by atoms with Crippen LogP contribution in [0, 0.1) is 13.8 Å². The number of carbonyl (C=O) groups excluding carboxylic acids is 2. The van der Waals surface area contributed by atoms with Crippen LogP contribution in [-0.4, -0.2) is 24.1 Å². The van der Waals surface area contributed by atoms with Gasteiger partial charge in [0.25, 0.3) is 5.91 Å². The normalized spacial score (nSPS) is 12.8. The molecule has 5 nitrogen and oxygen atoms in total. The van der Waals surface area contributed by atoms with Gasteiger partial charge in [0.1, 0.15) is 5.75 Å². The van der Waals surface area contributed by atoms with Crippen molar-refractivity contribution >= 4 is 29.2 Å². The highest BCUT2D eigenvalue weighted by molar-refractivity contribution is 6.30. The van der Waals surface area contributed by atoms with Gasteiger partial charge in [-0.1, -0.05) is 23.7 Å². The molecule has 0 unspecified atom stereocenters. The van der Waals surface area contributed by atoms with Crippen molar-refractivity contribution < 1.29 is 19.1 Å². The smallest absolute Gasteiger partial charge is 0.347 e. The fourth-order valence-electron chi connectivity index (χ4n) is 2.21. The largest absolute Gasteiger partial charge is 0.479 e. The first-order valence-corrected chi connectivity index (χ1v) is 8.65. The highest BCUT2D eigenvalue weighted by atomic mass is 35.5. The van der Waals surface area contributed by atoms with E-state index in [1.165, 1.54) is 6.92 Å². The Morgan fingerprint density at radius 1 is 1.00 bits per heavy atom. The van der Waals surface area contributed by atoms with E-state index in [2.05, 4.69) is 5.32 Å². The van der Waals surface area contributed by atoms with E-state index < -0.39 is 24.1 Å². The number of carbonyl (C=O) groups is 2. The number of hydrogen-bond donors (Lipinski definition) is 1. The molecule has 0 radical (unpaired) electrons. The number of amides is 1. The van der Waals surface area contributed by atoms with Crippen LogP contribution in [-0.2, 0) is 14.3 Å². The molecule has 0 aliphatic carbocycles. The first-order valence-electron chi connectivity index (χ1n) is 8.27. The molecule has 2 atom stereocenters. The van der Waals surface area contributed by atoms with Gasteiger partial charge in [-0.3, -0.25) is 4.79 Å². The number of aryl methyl sites for hydroxylation is 1. The monoisotopic (exact) mass is 375 g/mol. The first kappa shape index (κ1) is 19.8. The zero-order valence-electron chi connectivity index (χ0n) is 15.2. The van der Waals surface area contributed by atoms with E-state index in [1.807, 2.05) is 26.0 Å². The van der Waals surface area contributed by atoms with Crippen molar-refractivity contribution in [1.29, 1.82) is 0 Å². The van der Waals surface area contributed by atoms with Gasteiger partial charge < -0.3 is 14.8 Å². The Kier molecular flexibility index (Phi) is 6.64. The van der Waals surface area contributed by atoms with Crippen LogP contribution >= 0.6 is 11.6 Å². The van der Waals surface area contributed by atoms with Crippen LogP contribution in [0.4, 0.5) is 5.69 Å². The van der Waals surface area contributed by atoms with Gasteiger partial charge in [0.2, 0.25) is 0 Å². The molecule has 0 aliphatic heterocycles. The van der Waals surface area contributed by atoms with Crippen molar-refractivity contribution in [2.75, 3.05) is 5.32 Å². The van der Waals surface area contributed by atoms with Crippen LogP contribution in [0.25, 0.3) is 0 Å². The average molecular weight is 376 g/mol. The van der Waals surface area contributed by atoms with Crippen LogP contribution in [0.2, 0.25) is 5.02 Å². The number of halogens is 1. The summed E-state index contributed by atoms with van der Waals surface area (Å²) in [6.45, 7) is 6.97. The number of ether oxygens (including phenoxy) is 2. The Morgan fingerprint density at radius 3 is 2.31 bits per heavy atom. The van der Waals surface area contributed by atoms with Gasteiger partial charge in [0.15, 0.2) is 12.2 Å². The Bertz CT molecular complexity index is 789. The van der Waals surface area contributed by atoms with E-state index in [4.69, 9.17) is 21.1 Å². The summed E-state index contributed by atoms with van der Waals surface area (Å²) in [4.78, 5) is 24.4. The molecule has 2 aromatic carbocycles. The summed E-state index contributed by atoms with van der Waals surface area (Å²) in [5.41, 5.74) is 2.74. The van der Waals surface area contributed by atoms with Crippen molar-refractivity contribution in [1.82, 2.24) is 0 Å². The predicted octanol–water partition coefficient (Wildman–Crippen LogP) is 4.29. The highest BCUT2D eigenvalue weighted by Crippen LogP contribution is 2.19. The van der Waals surface area contributed by atoms with Gasteiger partial charge in [-0.15, -0.1) is 0 Å². The second kappa shape index (κ2) is 8.72. The maximum Gasteiger partial charge on any atom is 0.347 e. The molecule has 0 heterocycles. The summed E-state index contributed by atoms with van der Waals surface area (Å²) >= 11 is 5.81. The highest BCUT2D eigenvalue weighted by Gasteiger charge is 2.23. The number of benzene rings is 2. The van der Waals surface area contributed by atoms with Crippen LogP contribution < -0.4 is 10.1 Å². The fraction of sp³-hybridized carbons (Fsp3) is 0.300. The summed E-state index contributed by atoms with van der Waals surface area (Å²) in [5, 5.41) is 3.35. The van der Waals surface area contributed by atoms with Crippen LogP contribution in [0.5, 0.6) is 5.75 Å². The second-order valence-corrected chi connectivity index (χ2v) is 6.47. The van der Waals surface area contributed by atoms with Gasteiger partial charge in [0.05, 0.1) is 0 Å². The summed E-state index contributed by atoms with van der Waals surface area (Å²) in [7, 11) is 0. The summed E-state index contributed by atoms with van der Waals surface area (Å²) in [6, 6.07) is 12.3. The molecule has 0 saturated heterocycles. The van der Waals surface area contributed by atoms with Crippen LogP contribution in [0.15, 0.2) is 42.5 Å². The predicted molar refractivity (Wildman–Crippen MR) is 102 cm³/mol. The third-order valence-electron chi connectivity index (χ3n) is 3.98. The number of esters is 1. The Morgan fingerprint density at radius 2 is 1.65 bits per heavy atom. The van der Waals surface area contributed by atoms with Gasteiger partial charge >= 0.3 is 5.97 Å². The quantitative estimate of drug-likeness (QED) is 0.765. The van der Waals surface area contributed by atoms with E-state index in [1.54, 1.807) is 37.3 Å². The van der Waals surface area contributed by atoms with Gasteiger partial charge in [0, 0.05) is 10.7 Å². The molecule has 0 aromatic heterocycles. The Labute approximate surface area is 158 Å². The lowest BCUT2D eigenvalue weighted by Gasteiger charge is -2.18. The van der Waals surface area contributed by atoms with Crippen molar-refractivity contribution in [2.45, 2.75) is 39.9 Å². The van der Waals surface area contributed by atoms with Crippen molar-refractivity contribution in [3.8, 4) is 5.75 Å². The van der Waals surface area contributed by atoms with E-state index >= 15 is 0 Å². The molecule has 26 heavy (non-hydrogen) atoms. The molecule has 2 aromatic rings. The van der Waals surface area contributed by atoms with E-state index in [-0.39, 0.29) is 0 Å². The number of anilines is 1. The molecule has 6 heteroatoms. The molecule has 0 bridgehead atoms. The minimum absolute atomic E-state index is 0.397. The molecular formula is C20H22ClNO4. The van der Waals surface area contributed by atoms with E-state index in [0.717, 1.165) is 11.1 Å². The molecule has 1 N–H and O–H groups in total. The standard InChI is InChI=1S/C20H22ClNO4/c1-12-6-5-7-18(13(12)2)22-19(23)14(3)26-20(24)15(4)25-17-10-8-16(21)9-11-17/h5-11,14-15H,1-4H3,(H,22,23)/t14-,15-/m0/s1. The average Bonchev–Trinajstić information content (AvgIpc) is 2.60. The number of hydrogen-bond acceptors (Lipinski definition) is 4. The van der Waals surface area contributed by atoms with Crippen LogP contribution in [0.1, 0.15) is 25.0 Å². The van der Waals surface area contributed by atoms with E-state index in [0.29, 0.717) is 16.5 Å². The third-order valence-corrected chi connectivity index (χ3v) is 4.24. The molecule has 0 saturated carbocycles. The lowest BCUT2D eigenvalue weighted by Crippen LogP contribution is -2.35. The third kappa shape index (κ3) is 5.23. The minimum Gasteiger partial charge on any atom is -0.479 e. The zero-order chi connectivity index (χ0) is 19.3. The molecule has 0 aliphatic rings. The zero-order valence-corrected chi connectivity index (χ0v) is 16.0. The number of nitrogens with one attached hydrogen (secondary N) is 1. The maximum atomic E-state index is 12.3. The van der Waals surface area contributed by atoms with E-state index in [9.17, 15) is 9.59 Å². The molecular weight excluding hydrogens is 354 g/mol. The van der Waals surface area contributed by atoms with Gasteiger partial charge in [-0.2, -0.15) is 0 Å². The molecule has 0 fully saturated rings. The second-order valence-electron chi connectivity index (χ2n) is 6.03.